The molecular formula is C47H36N2. The Bertz CT molecular complexity index is 2170. The minimum Gasteiger partial charge on any atom is -0.256 e. The van der Waals surface area contributed by atoms with E-state index in [0.29, 0.717) is 0 Å². The van der Waals surface area contributed by atoms with Crippen molar-refractivity contribution in [3.8, 4) is 44.8 Å². The smallest absolute Gasteiger partial charge is 0.0708 e. The molecule has 0 N–H and O–H groups in total. The lowest BCUT2D eigenvalue weighted by Crippen LogP contribution is -1.93. The van der Waals surface area contributed by atoms with E-state index in [-0.39, 0.29) is 0 Å². The van der Waals surface area contributed by atoms with Gasteiger partial charge in [-0.1, -0.05) is 134 Å². The minimum absolute atomic E-state index is 0.897. The molecule has 2 heteroatoms. The number of hydrogen-bond donors (Lipinski definition) is 0. The summed E-state index contributed by atoms with van der Waals surface area (Å²) in [4.78, 5) is 9.76. The van der Waals surface area contributed by atoms with Crippen molar-refractivity contribution in [2.75, 3.05) is 0 Å². The third-order valence-corrected chi connectivity index (χ3v) is 8.67. The van der Waals surface area contributed by atoms with Crippen LogP contribution in [0.4, 0.5) is 0 Å². The van der Waals surface area contributed by atoms with Crippen molar-refractivity contribution in [2.24, 2.45) is 0 Å². The number of pyridine rings is 2. The maximum absolute atomic E-state index is 4.88. The first-order chi connectivity index (χ1) is 24.1. The van der Waals surface area contributed by atoms with E-state index in [1.807, 2.05) is 36.7 Å². The highest BCUT2D eigenvalue weighted by molar-refractivity contribution is 5.93. The van der Waals surface area contributed by atoms with Crippen molar-refractivity contribution in [1.82, 2.24) is 9.97 Å². The maximum Gasteiger partial charge on any atom is 0.0708 e. The molecule has 0 aliphatic rings. The third-order valence-electron chi connectivity index (χ3n) is 8.67. The van der Waals surface area contributed by atoms with E-state index >= 15 is 0 Å². The van der Waals surface area contributed by atoms with Gasteiger partial charge in [-0.25, -0.2) is 0 Å². The lowest BCUT2D eigenvalue weighted by atomic mass is 9.91. The zero-order chi connectivity index (χ0) is 33.4. The summed E-state index contributed by atoms with van der Waals surface area (Å²) < 4.78 is 0. The first-order valence-corrected chi connectivity index (χ1v) is 16.5. The van der Waals surface area contributed by atoms with Crippen LogP contribution in [0.1, 0.15) is 23.6 Å². The molecule has 7 aromatic rings. The van der Waals surface area contributed by atoms with E-state index in [4.69, 9.17) is 9.97 Å². The summed E-state index contributed by atoms with van der Waals surface area (Å²) in [5.41, 5.74) is 14.8. The van der Waals surface area contributed by atoms with E-state index in [1.165, 1.54) is 5.56 Å². The van der Waals surface area contributed by atoms with Gasteiger partial charge in [0.1, 0.15) is 0 Å². The molecule has 0 aliphatic heterocycles. The van der Waals surface area contributed by atoms with Crippen LogP contribution in [0.15, 0.2) is 195 Å². The predicted octanol–water partition coefficient (Wildman–Crippen LogP) is 12.3. The summed E-state index contributed by atoms with van der Waals surface area (Å²) in [6.07, 6.45) is 8.23. The quantitative estimate of drug-likeness (QED) is 0.149. The van der Waals surface area contributed by atoms with Crippen molar-refractivity contribution >= 4 is 16.7 Å². The number of rotatable bonds is 9. The van der Waals surface area contributed by atoms with Gasteiger partial charge in [0, 0.05) is 23.5 Å². The van der Waals surface area contributed by atoms with Crippen molar-refractivity contribution < 1.29 is 0 Å². The molecular weight excluding hydrogens is 593 g/mol. The van der Waals surface area contributed by atoms with Crippen LogP contribution in [0, 0.1) is 0 Å². The molecule has 0 bridgehead atoms. The van der Waals surface area contributed by atoms with Crippen LogP contribution < -0.4 is 0 Å². The van der Waals surface area contributed by atoms with Gasteiger partial charge in [-0.2, -0.15) is 0 Å². The van der Waals surface area contributed by atoms with E-state index in [9.17, 15) is 0 Å². The molecule has 0 saturated heterocycles. The molecule has 0 unspecified atom stereocenters. The Labute approximate surface area is 289 Å². The molecule has 0 atom stereocenters. The molecule has 2 aromatic heterocycles. The Morgan fingerprint density at radius 1 is 0.429 bits per heavy atom. The molecule has 0 fully saturated rings. The van der Waals surface area contributed by atoms with E-state index < -0.39 is 0 Å². The van der Waals surface area contributed by atoms with Gasteiger partial charge in [0.25, 0.3) is 0 Å². The second-order valence-electron chi connectivity index (χ2n) is 12.1. The van der Waals surface area contributed by atoms with E-state index in [0.717, 1.165) is 72.6 Å². The topological polar surface area (TPSA) is 25.8 Å². The zero-order valence-electron chi connectivity index (χ0n) is 27.5. The lowest BCUT2D eigenvalue weighted by Gasteiger charge is -2.14. The molecule has 0 radical (unpaired) electrons. The van der Waals surface area contributed by atoms with Gasteiger partial charge in [0.05, 0.1) is 11.4 Å². The summed E-state index contributed by atoms with van der Waals surface area (Å²) in [5, 5.41) is 0. The highest BCUT2D eigenvalue weighted by Gasteiger charge is 2.13. The van der Waals surface area contributed by atoms with Crippen LogP contribution in [-0.4, -0.2) is 9.97 Å². The number of hydrogen-bond acceptors (Lipinski definition) is 2. The van der Waals surface area contributed by atoms with Crippen LogP contribution in [0.3, 0.4) is 0 Å². The zero-order valence-corrected chi connectivity index (χ0v) is 27.5. The fourth-order valence-corrected chi connectivity index (χ4v) is 6.04. The van der Waals surface area contributed by atoms with Crippen LogP contribution in [0.2, 0.25) is 0 Å². The van der Waals surface area contributed by atoms with Gasteiger partial charge in [-0.15, -0.1) is 0 Å². The molecule has 0 aliphatic carbocycles. The van der Waals surface area contributed by atoms with Gasteiger partial charge in [0.2, 0.25) is 0 Å². The molecule has 0 amide bonds. The fraction of sp³-hybridized carbons (Fsp3) is 0.0213. The van der Waals surface area contributed by atoms with Crippen molar-refractivity contribution in [2.45, 2.75) is 6.92 Å². The largest absolute Gasteiger partial charge is 0.256 e. The summed E-state index contributed by atoms with van der Waals surface area (Å²) in [6, 6.07) is 56.9. The monoisotopic (exact) mass is 628 g/mol. The summed E-state index contributed by atoms with van der Waals surface area (Å²) in [5.74, 6) is 0. The predicted molar refractivity (Wildman–Crippen MR) is 207 cm³/mol. The normalized spacial score (nSPS) is 11.7. The highest BCUT2D eigenvalue weighted by Crippen LogP contribution is 2.35. The van der Waals surface area contributed by atoms with Crippen LogP contribution in [-0.2, 0) is 0 Å². The lowest BCUT2D eigenvalue weighted by molar-refractivity contribution is 1.31. The molecule has 0 saturated carbocycles. The van der Waals surface area contributed by atoms with Gasteiger partial charge in [-0.05, 0) is 111 Å². The minimum atomic E-state index is 0.897. The Morgan fingerprint density at radius 3 is 1.37 bits per heavy atom. The molecule has 49 heavy (non-hydrogen) atoms. The SMILES string of the molecule is C=C(/C=C(\C=C(/C)c1ccccc1)c1cc(-c2cc(-c3ccccc3)ccn2)cc(-c2cc(-c3ccccc3)ccn2)c1)c1ccccc1. The van der Waals surface area contributed by atoms with E-state index in [1.54, 1.807) is 0 Å². The summed E-state index contributed by atoms with van der Waals surface area (Å²) in [7, 11) is 0. The summed E-state index contributed by atoms with van der Waals surface area (Å²) in [6.45, 7) is 6.65. The maximum atomic E-state index is 4.88. The Morgan fingerprint density at radius 2 is 0.878 bits per heavy atom. The third kappa shape index (κ3) is 7.45. The van der Waals surface area contributed by atoms with Crippen LogP contribution in [0.25, 0.3) is 61.5 Å². The Balaban J connectivity index is 1.43. The molecule has 0 spiro atoms. The number of nitrogens with zero attached hydrogens (tertiary/aromatic N) is 2. The standard InChI is InChI=1S/C47H36N2/c1-34(36-15-7-3-8-16-36)27-42(28-35(2)37-17-9-4-10-18-37)43-29-44(46-32-40(23-25-48-46)38-19-11-5-12-20-38)31-45(30-43)47-33-41(24-26-49-47)39-21-13-6-14-22-39/h3-33H,1H2,2H3/b35-28+,42-27+. The van der Waals surface area contributed by atoms with Gasteiger partial charge >= 0.3 is 0 Å². The second kappa shape index (κ2) is 14.6. The van der Waals surface area contributed by atoms with Gasteiger partial charge in [0.15, 0.2) is 0 Å². The molecule has 2 heterocycles. The van der Waals surface area contributed by atoms with Gasteiger partial charge < -0.3 is 0 Å². The van der Waals surface area contributed by atoms with Crippen LogP contribution >= 0.6 is 0 Å². The Hall–Kier alpha value is -6.38. The highest BCUT2D eigenvalue weighted by atomic mass is 14.7. The number of allylic oxidation sites excluding steroid dienone is 5. The molecule has 2 nitrogen and oxygen atoms in total. The van der Waals surface area contributed by atoms with Crippen molar-refractivity contribution in [3.05, 3.63) is 212 Å². The first-order valence-electron chi connectivity index (χ1n) is 16.5. The molecule has 234 valence electrons. The molecule has 5 aromatic carbocycles. The average Bonchev–Trinajstić information content (AvgIpc) is 3.19. The van der Waals surface area contributed by atoms with E-state index in [2.05, 4.69) is 165 Å². The fourth-order valence-electron chi connectivity index (χ4n) is 6.04. The second-order valence-corrected chi connectivity index (χ2v) is 12.1. The van der Waals surface area contributed by atoms with Gasteiger partial charge in [-0.3, -0.25) is 9.97 Å². The first kappa shape index (κ1) is 31.2. The number of benzene rings is 5. The van der Waals surface area contributed by atoms with Crippen molar-refractivity contribution in [3.63, 3.8) is 0 Å². The average molecular weight is 629 g/mol. The number of aromatic nitrogens is 2. The van der Waals surface area contributed by atoms with Crippen molar-refractivity contribution in [1.29, 1.82) is 0 Å². The summed E-state index contributed by atoms with van der Waals surface area (Å²) >= 11 is 0. The molecule has 7 rings (SSSR count). The van der Waals surface area contributed by atoms with Crippen LogP contribution in [0.5, 0.6) is 0 Å². The Kier molecular flexibility index (Phi) is 9.30.